The topological polar surface area (TPSA) is 76.1 Å². The van der Waals surface area contributed by atoms with Gasteiger partial charge in [-0.05, 0) is 12.1 Å². The van der Waals surface area contributed by atoms with Crippen LogP contribution in [0.25, 0.3) is 0 Å². The average molecular weight is 283 g/mol. The largest absolute Gasteiger partial charge is 0.483 e. The van der Waals surface area contributed by atoms with Crippen LogP contribution in [0.1, 0.15) is 10.4 Å². The van der Waals surface area contributed by atoms with E-state index in [9.17, 15) is 14.0 Å². The van der Waals surface area contributed by atoms with Gasteiger partial charge in [0, 0.05) is 13.1 Å². The van der Waals surface area contributed by atoms with Gasteiger partial charge in [0.1, 0.15) is 17.1 Å². The van der Waals surface area contributed by atoms with E-state index >= 15 is 0 Å². The van der Waals surface area contributed by atoms with Crippen molar-refractivity contribution in [3.63, 3.8) is 0 Å². The standard InChI is InChI=1S/C13H14FNO5/c14-9-2-1-3-10(12(9)13(17)18)20-8-11(16)15-4-6-19-7-5-15/h1-3H,4-8H2,(H,17,18). The molecule has 1 aliphatic heterocycles. The summed E-state index contributed by atoms with van der Waals surface area (Å²) in [7, 11) is 0. The molecule has 7 heteroatoms. The first-order valence-corrected chi connectivity index (χ1v) is 6.09. The molecule has 0 aliphatic carbocycles. The van der Waals surface area contributed by atoms with E-state index in [1.54, 1.807) is 4.90 Å². The molecule has 0 bridgehead atoms. The Hall–Kier alpha value is -2.15. The highest BCUT2D eigenvalue weighted by Crippen LogP contribution is 2.21. The number of amides is 1. The number of hydrogen-bond donors (Lipinski definition) is 1. The second-order valence-corrected chi connectivity index (χ2v) is 4.20. The Bertz CT molecular complexity index is 513. The van der Waals surface area contributed by atoms with Crippen molar-refractivity contribution >= 4 is 11.9 Å². The van der Waals surface area contributed by atoms with Crippen LogP contribution in [0, 0.1) is 5.82 Å². The molecule has 1 saturated heterocycles. The number of carbonyl (C=O) groups is 2. The molecular formula is C13H14FNO5. The third-order valence-electron chi connectivity index (χ3n) is 2.90. The maximum Gasteiger partial charge on any atom is 0.342 e. The number of carboxylic acid groups (broad SMARTS) is 1. The lowest BCUT2D eigenvalue weighted by atomic mass is 10.2. The SMILES string of the molecule is O=C(O)c1c(F)cccc1OCC(=O)N1CCOCC1. The summed E-state index contributed by atoms with van der Waals surface area (Å²) in [5, 5.41) is 8.93. The van der Waals surface area contributed by atoms with E-state index in [0.717, 1.165) is 6.07 Å². The molecule has 108 valence electrons. The summed E-state index contributed by atoms with van der Waals surface area (Å²) in [6.07, 6.45) is 0. The molecule has 0 unspecified atom stereocenters. The second-order valence-electron chi connectivity index (χ2n) is 4.20. The van der Waals surface area contributed by atoms with Crippen LogP contribution >= 0.6 is 0 Å². The van der Waals surface area contributed by atoms with Crippen LogP contribution < -0.4 is 4.74 Å². The van der Waals surface area contributed by atoms with Gasteiger partial charge < -0.3 is 19.5 Å². The molecule has 0 saturated carbocycles. The number of halogens is 1. The van der Waals surface area contributed by atoms with Crippen molar-refractivity contribution in [3.8, 4) is 5.75 Å². The molecule has 1 heterocycles. The normalized spacial score (nSPS) is 14.9. The fourth-order valence-electron chi connectivity index (χ4n) is 1.88. The predicted octanol–water partition coefficient (Wildman–Crippen LogP) is 0.762. The number of carbonyl (C=O) groups excluding carboxylic acids is 1. The summed E-state index contributed by atoms with van der Waals surface area (Å²) in [4.78, 5) is 24.4. The Morgan fingerprint density at radius 2 is 2.05 bits per heavy atom. The Morgan fingerprint density at radius 1 is 1.35 bits per heavy atom. The molecule has 20 heavy (non-hydrogen) atoms. The minimum atomic E-state index is -1.43. The first-order valence-electron chi connectivity index (χ1n) is 6.09. The molecule has 1 N–H and O–H groups in total. The van der Waals surface area contributed by atoms with Crippen LogP contribution in [0.4, 0.5) is 4.39 Å². The summed E-state index contributed by atoms with van der Waals surface area (Å²) in [5.41, 5.74) is -0.567. The van der Waals surface area contributed by atoms with Crippen LogP contribution in [0.3, 0.4) is 0 Å². The fraction of sp³-hybridized carbons (Fsp3) is 0.385. The van der Waals surface area contributed by atoms with E-state index in [4.69, 9.17) is 14.6 Å². The van der Waals surface area contributed by atoms with Crippen LogP contribution in [-0.2, 0) is 9.53 Å². The monoisotopic (exact) mass is 283 g/mol. The smallest absolute Gasteiger partial charge is 0.342 e. The lowest BCUT2D eigenvalue weighted by molar-refractivity contribution is -0.137. The Labute approximate surface area is 114 Å². The maximum atomic E-state index is 13.4. The van der Waals surface area contributed by atoms with E-state index in [0.29, 0.717) is 26.3 Å². The highest BCUT2D eigenvalue weighted by atomic mass is 19.1. The minimum Gasteiger partial charge on any atom is -0.483 e. The summed E-state index contributed by atoms with van der Waals surface area (Å²) in [6.45, 7) is 1.54. The summed E-state index contributed by atoms with van der Waals surface area (Å²) >= 11 is 0. The molecular weight excluding hydrogens is 269 g/mol. The number of carboxylic acids is 1. The van der Waals surface area contributed by atoms with Crippen molar-refractivity contribution in [2.45, 2.75) is 0 Å². The van der Waals surface area contributed by atoms with Gasteiger partial charge in [-0.3, -0.25) is 4.79 Å². The maximum absolute atomic E-state index is 13.4. The van der Waals surface area contributed by atoms with E-state index in [2.05, 4.69) is 0 Å². The predicted molar refractivity (Wildman–Crippen MR) is 66.3 cm³/mol. The Balaban J connectivity index is 2.02. The summed E-state index contributed by atoms with van der Waals surface area (Å²) < 4.78 is 23.7. The number of aromatic carboxylic acids is 1. The molecule has 1 aliphatic rings. The quantitative estimate of drug-likeness (QED) is 0.883. The summed E-state index contributed by atoms with van der Waals surface area (Å²) in [5.74, 6) is -2.77. The third kappa shape index (κ3) is 3.24. The van der Waals surface area contributed by atoms with Crippen LogP contribution in [-0.4, -0.2) is 54.8 Å². The number of benzene rings is 1. The van der Waals surface area contributed by atoms with E-state index in [1.165, 1.54) is 12.1 Å². The van der Waals surface area contributed by atoms with Crippen LogP contribution in [0.2, 0.25) is 0 Å². The van der Waals surface area contributed by atoms with Gasteiger partial charge >= 0.3 is 5.97 Å². The van der Waals surface area contributed by atoms with Gasteiger partial charge in [0.2, 0.25) is 0 Å². The van der Waals surface area contributed by atoms with Gasteiger partial charge in [0.15, 0.2) is 6.61 Å². The molecule has 1 amide bonds. The van der Waals surface area contributed by atoms with Crippen molar-refractivity contribution in [2.75, 3.05) is 32.9 Å². The first kappa shape index (κ1) is 14.3. The van der Waals surface area contributed by atoms with E-state index in [1.807, 2.05) is 0 Å². The molecule has 0 aromatic heterocycles. The zero-order chi connectivity index (χ0) is 14.5. The second kappa shape index (κ2) is 6.33. The van der Waals surface area contributed by atoms with Gasteiger partial charge in [-0.15, -0.1) is 0 Å². The lowest BCUT2D eigenvalue weighted by Gasteiger charge is -2.26. The third-order valence-corrected chi connectivity index (χ3v) is 2.90. The lowest BCUT2D eigenvalue weighted by Crippen LogP contribution is -2.43. The van der Waals surface area contributed by atoms with Gasteiger partial charge in [0.05, 0.1) is 13.2 Å². The zero-order valence-electron chi connectivity index (χ0n) is 10.7. The minimum absolute atomic E-state index is 0.154. The zero-order valence-corrected chi connectivity index (χ0v) is 10.7. The summed E-state index contributed by atoms with van der Waals surface area (Å²) in [6, 6.07) is 3.68. The highest BCUT2D eigenvalue weighted by Gasteiger charge is 2.20. The molecule has 1 fully saturated rings. The Kier molecular flexibility index (Phi) is 4.52. The average Bonchev–Trinajstić information content (AvgIpc) is 2.45. The molecule has 1 aromatic carbocycles. The number of rotatable bonds is 4. The van der Waals surface area contributed by atoms with Crippen molar-refractivity contribution < 1.29 is 28.6 Å². The molecule has 6 nitrogen and oxygen atoms in total. The van der Waals surface area contributed by atoms with Gasteiger partial charge in [-0.1, -0.05) is 6.07 Å². The van der Waals surface area contributed by atoms with Gasteiger partial charge in [-0.2, -0.15) is 0 Å². The van der Waals surface area contributed by atoms with Gasteiger partial charge in [-0.25, -0.2) is 9.18 Å². The first-order chi connectivity index (χ1) is 9.59. The van der Waals surface area contributed by atoms with Crippen LogP contribution in [0.5, 0.6) is 5.75 Å². The van der Waals surface area contributed by atoms with Crippen molar-refractivity contribution in [2.24, 2.45) is 0 Å². The molecule has 2 rings (SSSR count). The molecule has 0 radical (unpaired) electrons. The Morgan fingerprint density at radius 3 is 2.70 bits per heavy atom. The molecule has 1 aromatic rings. The fourth-order valence-corrected chi connectivity index (χ4v) is 1.88. The van der Waals surface area contributed by atoms with Crippen molar-refractivity contribution in [1.29, 1.82) is 0 Å². The highest BCUT2D eigenvalue weighted by molar-refractivity contribution is 5.91. The molecule has 0 spiro atoms. The van der Waals surface area contributed by atoms with Gasteiger partial charge in [0.25, 0.3) is 5.91 Å². The van der Waals surface area contributed by atoms with Crippen molar-refractivity contribution in [3.05, 3.63) is 29.6 Å². The van der Waals surface area contributed by atoms with Crippen LogP contribution in [0.15, 0.2) is 18.2 Å². The number of morpholine rings is 1. The number of hydrogen-bond acceptors (Lipinski definition) is 4. The number of ether oxygens (including phenoxy) is 2. The molecule has 0 atom stereocenters. The van der Waals surface area contributed by atoms with Crippen molar-refractivity contribution in [1.82, 2.24) is 4.90 Å². The number of nitrogens with zero attached hydrogens (tertiary/aromatic N) is 1. The van der Waals surface area contributed by atoms with E-state index in [-0.39, 0.29) is 18.3 Å². The van der Waals surface area contributed by atoms with E-state index < -0.39 is 17.3 Å².